The highest BCUT2D eigenvalue weighted by atomic mass is 16.2. The Morgan fingerprint density at radius 1 is 0.839 bits per heavy atom. The van der Waals surface area contributed by atoms with Gasteiger partial charge in [0.2, 0.25) is 0 Å². The van der Waals surface area contributed by atoms with Crippen LogP contribution in [-0.2, 0) is 16.1 Å². The summed E-state index contributed by atoms with van der Waals surface area (Å²) in [6.07, 6.45) is 1.92. The minimum Gasteiger partial charge on any atom is -0.335 e. The average Bonchev–Trinajstić information content (AvgIpc) is 3.42. The topological polar surface area (TPSA) is 78.8 Å². The van der Waals surface area contributed by atoms with Crippen molar-refractivity contribution in [2.45, 2.75) is 33.2 Å². The molecule has 0 atom stereocenters. The van der Waals surface area contributed by atoms with E-state index < -0.39 is 11.8 Å². The van der Waals surface area contributed by atoms with Crippen molar-refractivity contribution in [1.29, 1.82) is 0 Å². The molecule has 0 saturated carbocycles. The third kappa shape index (κ3) is 4.62. The summed E-state index contributed by atoms with van der Waals surface area (Å²) in [5.41, 5.74) is 3.70. The Morgan fingerprint density at radius 2 is 1.45 bits per heavy atom. The molecule has 1 aromatic heterocycles. The number of hydrogen-bond donors (Lipinski definition) is 0. The van der Waals surface area contributed by atoms with Crippen LogP contribution in [0.1, 0.15) is 40.2 Å². The molecule has 4 rings (SSSR count). The number of hydrogen-bond acceptors (Lipinski definition) is 4. The van der Waals surface area contributed by atoms with E-state index in [4.69, 9.17) is 0 Å². The van der Waals surface area contributed by atoms with Crippen LogP contribution in [-0.4, -0.2) is 81.5 Å². The van der Waals surface area contributed by atoms with E-state index in [0.717, 1.165) is 29.8 Å². The molecule has 0 radical (unpaired) electrons. The molecule has 2 aliphatic rings. The Bertz CT molecular complexity index is 985. The molecule has 8 heteroatoms. The number of aryl methyl sites for hydroxylation is 2. The van der Waals surface area contributed by atoms with Crippen molar-refractivity contribution in [3.63, 3.8) is 0 Å². The number of benzene rings is 1. The van der Waals surface area contributed by atoms with E-state index in [1.807, 2.05) is 48.9 Å². The van der Waals surface area contributed by atoms with Gasteiger partial charge in [-0.1, -0.05) is 12.1 Å². The first-order valence-electron chi connectivity index (χ1n) is 10.9. The van der Waals surface area contributed by atoms with Crippen molar-refractivity contribution in [3.8, 4) is 0 Å². The summed E-state index contributed by atoms with van der Waals surface area (Å²) >= 11 is 0. The van der Waals surface area contributed by atoms with E-state index in [1.165, 1.54) is 0 Å². The van der Waals surface area contributed by atoms with Crippen molar-refractivity contribution in [3.05, 3.63) is 52.8 Å². The summed E-state index contributed by atoms with van der Waals surface area (Å²) in [5.74, 6) is -0.900. The Balaban J connectivity index is 1.36. The number of piperazine rings is 1. The molecule has 8 nitrogen and oxygen atoms in total. The predicted octanol–water partition coefficient (Wildman–Crippen LogP) is 1.46. The highest BCUT2D eigenvalue weighted by Gasteiger charge is 2.32. The van der Waals surface area contributed by atoms with Gasteiger partial charge in [0.25, 0.3) is 5.91 Å². The van der Waals surface area contributed by atoms with Gasteiger partial charge in [0, 0.05) is 50.5 Å². The van der Waals surface area contributed by atoms with Crippen LogP contribution in [0.3, 0.4) is 0 Å². The molecule has 3 heterocycles. The van der Waals surface area contributed by atoms with E-state index in [9.17, 15) is 14.4 Å². The van der Waals surface area contributed by atoms with Crippen LogP contribution in [0.4, 0.5) is 0 Å². The second-order valence-electron chi connectivity index (χ2n) is 8.37. The molecule has 0 spiro atoms. The lowest BCUT2D eigenvalue weighted by atomic mass is 10.1. The molecule has 2 saturated heterocycles. The summed E-state index contributed by atoms with van der Waals surface area (Å²) in [4.78, 5) is 42.8. The van der Waals surface area contributed by atoms with Gasteiger partial charge in [-0.15, -0.1) is 0 Å². The summed E-state index contributed by atoms with van der Waals surface area (Å²) < 4.78 is 1.93. The molecule has 2 fully saturated rings. The molecule has 2 aliphatic heterocycles. The molecule has 164 valence electrons. The lowest BCUT2D eigenvalue weighted by molar-refractivity contribution is -0.152. The SMILES string of the molecule is Cc1cc(C)n(Cc2cccc(C(=O)N3CCN(C(=O)C(=O)N4CCCC4)CC3)c2)n1. The van der Waals surface area contributed by atoms with Gasteiger partial charge in [0.15, 0.2) is 0 Å². The fourth-order valence-corrected chi connectivity index (χ4v) is 4.30. The van der Waals surface area contributed by atoms with Crippen molar-refractivity contribution in [2.24, 2.45) is 0 Å². The van der Waals surface area contributed by atoms with Crippen LogP contribution in [0.5, 0.6) is 0 Å². The number of likely N-dealkylation sites (tertiary alicyclic amines) is 1. The Hall–Kier alpha value is -3.16. The largest absolute Gasteiger partial charge is 0.335 e. The van der Waals surface area contributed by atoms with Crippen LogP contribution in [0.15, 0.2) is 30.3 Å². The van der Waals surface area contributed by atoms with Gasteiger partial charge in [0.05, 0.1) is 12.2 Å². The predicted molar refractivity (Wildman–Crippen MR) is 116 cm³/mol. The summed E-state index contributed by atoms with van der Waals surface area (Å²) in [6, 6.07) is 9.65. The molecule has 1 aromatic carbocycles. The number of amides is 3. The molecule has 0 unspecified atom stereocenters. The maximum Gasteiger partial charge on any atom is 0.312 e. The minimum absolute atomic E-state index is 0.0480. The fraction of sp³-hybridized carbons (Fsp3) is 0.478. The maximum atomic E-state index is 13.0. The van der Waals surface area contributed by atoms with Gasteiger partial charge in [-0.05, 0) is 50.5 Å². The van der Waals surface area contributed by atoms with Crippen molar-refractivity contribution in [1.82, 2.24) is 24.5 Å². The van der Waals surface area contributed by atoms with E-state index in [0.29, 0.717) is 51.4 Å². The van der Waals surface area contributed by atoms with Crippen molar-refractivity contribution >= 4 is 17.7 Å². The number of aromatic nitrogens is 2. The second-order valence-corrected chi connectivity index (χ2v) is 8.37. The Morgan fingerprint density at radius 3 is 2.06 bits per heavy atom. The Labute approximate surface area is 182 Å². The van der Waals surface area contributed by atoms with Gasteiger partial charge in [-0.3, -0.25) is 19.1 Å². The van der Waals surface area contributed by atoms with Gasteiger partial charge in [-0.2, -0.15) is 5.10 Å². The quantitative estimate of drug-likeness (QED) is 0.700. The zero-order valence-electron chi connectivity index (χ0n) is 18.2. The van der Waals surface area contributed by atoms with Crippen molar-refractivity contribution < 1.29 is 14.4 Å². The number of carbonyl (C=O) groups excluding carboxylic acids is 3. The van der Waals surface area contributed by atoms with Crippen LogP contribution in [0.25, 0.3) is 0 Å². The molecule has 31 heavy (non-hydrogen) atoms. The van der Waals surface area contributed by atoms with E-state index in [1.54, 1.807) is 14.7 Å². The zero-order chi connectivity index (χ0) is 22.0. The van der Waals surface area contributed by atoms with Crippen LogP contribution in [0, 0.1) is 13.8 Å². The normalized spacial score (nSPS) is 16.6. The van der Waals surface area contributed by atoms with Gasteiger partial charge in [0.1, 0.15) is 0 Å². The maximum absolute atomic E-state index is 13.0. The third-order valence-electron chi connectivity index (χ3n) is 6.04. The lowest BCUT2D eigenvalue weighted by Gasteiger charge is -2.35. The Kier molecular flexibility index (Phi) is 6.06. The van der Waals surface area contributed by atoms with Gasteiger partial charge < -0.3 is 14.7 Å². The third-order valence-corrected chi connectivity index (χ3v) is 6.04. The first kappa shape index (κ1) is 21.1. The summed E-state index contributed by atoms with van der Waals surface area (Å²) in [6.45, 7) is 7.55. The van der Waals surface area contributed by atoms with Gasteiger partial charge in [-0.25, -0.2) is 0 Å². The highest BCUT2D eigenvalue weighted by molar-refractivity contribution is 6.35. The van der Waals surface area contributed by atoms with Crippen LogP contribution in [0.2, 0.25) is 0 Å². The molecule has 0 bridgehead atoms. The van der Waals surface area contributed by atoms with E-state index in [2.05, 4.69) is 5.10 Å². The lowest BCUT2D eigenvalue weighted by Crippen LogP contribution is -2.54. The molecular formula is C23H29N5O3. The second kappa shape index (κ2) is 8.91. The van der Waals surface area contributed by atoms with Crippen molar-refractivity contribution in [2.75, 3.05) is 39.3 Å². The number of rotatable bonds is 3. The summed E-state index contributed by atoms with van der Waals surface area (Å²) in [5, 5.41) is 4.49. The summed E-state index contributed by atoms with van der Waals surface area (Å²) in [7, 11) is 0. The fourth-order valence-electron chi connectivity index (χ4n) is 4.30. The molecule has 0 N–H and O–H groups in total. The minimum atomic E-state index is -0.444. The zero-order valence-corrected chi connectivity index (χ0v) is 18.2. The number of nitrogens with zero attached hydrogens (tertiary/aromatic N) is 5. The van der Waals surface area contributed by atoms with E-state index >= 15 is 0 Å². The average molecular weight is 424 g/mol. The monoisotopic (exact) mass is 423 g/mol. The molecular weight excluding hydrogens is 394 g/mol. The smallest absolute Gasteiger partial charge is 0.312 e. The first-order chi connectivity index (χ1) is 14.9. The van der Waals surface area contributed by atoms with Crippen LogP contribution < -0.4 is 0 Å². The number of carbonyl (C=O) groups is 3. The molecule has 0 aliphatic carbocycles. The van der Waals surface area contributed by atoms with Crippen LogP contribution >= 0.6 is 0 Å². The standard InChI is InChI=1S/C23H29N5O3/c1-17-14-18(2)28(24-17)16-19-6-5-7-20(15-19)21(29)26-10-12-27(13-11-26)23(31)22(30)25-8-3-4-9-25/h5-7,14-15H,3-4,8-13,16H2,1-2H3. The molecule has 3 amide bonds. The molecule has 2 aromatic rings. The van der Waals surface area contributed by atoms with E-state index in [-0.39, 0.29) is 5.91 Å². The van der Waals surface area contributed by atoms with Gasteiger partial charge >= 0.3 is 11.8 Å². The first-order valence-corrected chi connectivity index (χ1v) is 10.9. The highest BCUT2D eigenvalue weighted by Crippen LogP contribution is 2.15.